The summed E-state index contributed by atoms with van der Waals surface area (Å²) in [5.41, 5.74) is 3.52. The Labute approximate surface area is 135 Å². The average Bonchev–Trinajstić information content (AvgIpc) is 3.00. The van der Waals surface area contributed by atoms with Gasteiger partial charge in [-0.2, -0.15) is 5.10 Å². The first-order chi connectivity index (χ1) is 11.0. The molecule has 1 aliphatic heterocycles. The fourth-order valence-electron chi connectivity index (χ4n) is 2.97. The van der Waals surface area contributed by atoms with Gasteiger partial charge < -0.3 is 9.42 Å². The molecule has 1 amide bonds. The molecular weight excluding hydrogens is 294 g/mol. The number of carbonyl (C=O) groups is 1. The summed E-state index contributed by atoms with van der Waals surface area (Å²) in [4.78, 5) is 16.7. The number of nitrogens with zero attached hydrogens (tertiary/aromatic N) is 4. The normalized spacial score (nSPS) is 16.6. The number of aromatic nitrogens is 3. The third-order valence-electron chi connectivity index (χ3n) is 4.36. The van der Waals surface area contributed by atoms with Gasteiger partial charge in [-0.05, 0) is 33.3 Å². The van der Waals surface area contributed by atoms with Crippen molar-refractivity contribution in [2.75, 3.05) is 26.2 Å². The number of carbonyl (C=O) groups excluding carboxylic acids is 1. The third-order valence-corrected chi connectivity index (χ3v) is 4.36. The molecule has 0 radical (unpaired) electrons. The quantitative estimate of drug-likeness (QED) is 0.931. The van der Waals surface area contributed by atoms with Gasteiger partial charge in [0.25, 0.3) is 5.91 Å². The highest BCUT2D eigenvalue weighted by molar-refractivity contribution is 5.92. The molecule has 0 unspecified atom stereocenters. The van der Waals surface area contributed by atoms with Crippen LogP contribution in [-0.2, 0) is 6.54 Å². The maximum absolute atomic E-state index is 12.5. The van der Waals surface area contributed by atoms with Gasteiger partial charge in [-0.25, -0.2) is 0 Å². The van der Waals surface area contributed by atoms with Crippen LogP contribution in [0.1, 0.15) is 39.6 Å². The van der Waals surface area contributed by atoms with E-state index in [1.54, 1.807) is 6.07 Å². The highest BCUT2D eigenvalue weighted by Gasteiger charge is 2.23. The Hall–Kier alpha value is -2.15. The molecule has 0 saturated carbocycles. The molecular formula is C16H23N5O2. The van der Waals surface area contributed by atoms with Gasteiger partial charge in [0.05, 0.1) is 5.69 Å². The van der Waals surface area contributed by atoms with Crippen molar-refractivity contribution in [1.82, 2.24) is 25.2 Å². The van der Waals surface area contributed by atoms with E-state index in [2.05, 4.69) is 20.3 Å². The minimum Gasteiger partial charge on any atom is -0.361 e. The molecule has 124 valence electrons. The van der Waals surface area contributed by atoms with Crippen molar-refractivity contribution >= 4 is 5.91 Å². The van der Waals surface area contributed by atoms with Crippen molar-refractivity contribution in [3.63, 3.8) is 0 Å². The van der Waals surface area contributed by atoms with Crippen LogP contribution in [0.5, 0.6) is 0 Å². The zero-order valence-electron chi connectivity index (χ0n) is 13.9. The van der Waals surface area contributed by atoms with Crippen LogP contribution < -0.4 is 0 Å². The first kappa shape index (κ1) is 15.7. The average molecular weight is 317 g/mol. The summed E-state index contributed by atoms with van der Waals surface area (Å²) in [5.74, 6) is 0.889. The summed E-state index contributed by atoms with van der Waals surface area (Å²) in [6, 6.07) is 1.80. The molecule has 0 spiro atoms. The zero-order valence-corrected chi connectivity index (χ0v) is 13.9. The lowest BCUT2D eigenvalue weighted by Crippen LogP contribution is -2.35. The summed E-state index contributed by atoms with van der Waals surface area (Å²) in [7, 11) is 0. The van der Waals surface area contributed by atoms with Crippen molar-refractivity contribution in [3.8, 4) is 0 Å². The maximum Gasteiger partial charge on any atom is 0.274 e. The lowest BCUT2D eigenvalue weighted by atomic mass is 10.2. The van der Waals surface area contributed by atoms with E-state index >= 15 is 0 Å². The molecule has 1 N–H and O–H groups in total. The van der Waals surface area contributed by atoms with E-state index in [0.29, 0.717) is 12.2 Å². The highest BCUT2D eigenvalue weighted by atomic mass is 16.5. The Morgan fingerprint density at radius 1 is 1.26 bits per heavy atom. The van der Waals surface area contributed by atoms with Gasteiger partial charge in [0.2, 0.25) is 0 Å². The molecule has 3 rings (SSSR count). The summed E-state index contributed by atoms with van der Waals surface area (Å²) in [6.45, 7) is 9.94. The van der Waals surface area contributed by atoms with Gasteiger partial charge in [-0.15, -0.1) is 0 Å². The Morgan fingerprint density at radius 2 is 2.09 bits per heavy atom. The Morgan fingerprint density at radius 3 is 2.74 bits per heavy atom. The number of aryl methyl sites for hydroxylation is 3. The van der Waals surface area contributed by atoms with Gasteiger partial charge in [0.1, 0.15) is 11.5 Å². The van der Waals surface area contributed by atoms with Crippen LogP contribution in [0, 0.1) is 20.8 Å². The van der Waals surface area contributed by atoms with Crippen LogP contribution in [0.25, 0.3) is 0 Å². The molecule has 23 heavy (non-hydrogen) atoms. The standard InChI is InChI=1S/C16H23N5O2/c1-11-9-15(18-17-11)16(22)21-6-4-5-20(7-8-21)10-14-12(2)19-23-13(14)3/h9H,4-8,10H2,1-3H3,(H,17,18). The maximum atomic E-state index is 12.5. The Kier molecular flexibility index (Phi) is 4.47. The second kappa shape index (κ2) is 6.54. The number of H-pyrrole nitrogens is 1. The predicted octanol–water partition coefficient (Wildman–Crippen LogP) is 1.67. The monoisotopic (exact) mass is 317 g/mol. The number of hydrogen-bond acceptors (Lipinski definition) is 5. The zero-order chi connectivity index (χ0) is 16.4. The first-order valence-corrected chi connectivity index (χ1v) is 8.00. The molecule has 3 heterocycles. The second-order valence-electron chi connectivity index (χ2n) is 6.16. The van der Waals surface area contributed by atoms with E-state index in [0.717, 1.165) is 55.3 Å². The van der Waals surface area contributed by atoms with E-state index in [1.807, 2.05) is 25.7 Å². The SMILES string of the molecule is Cc1cc(C(=O)N2CCCN(Cc3c(C)noc3C)CC2)n[nH]1. The van der Waals surface area contributed by atoms with E-state index in [1.165, 1.54) is 0 Å². The molecule has 1 saturated heterocycles. The van der Waals surface area contributed by atoms with Crippen LogP contribution in [-0.4, -0.2) is 57.2 Å². The van der Waals surface area contributed by atoms with Crippen LogP contribution in [0.4, 0.5) is 0 Å². The van der Waals surface area contributed by atoms with Crippen molar-refractivity contribution in [1.29, 1.82) is 0 Å². The largest absolute Gasteiger partial charge is 0.361 e. The second-order valence-corrected chi connectivity index (χ2v) is 6.16. The number of nitrogens with one attached hydrogen (secondary N) is 1. The van der Waals surface area contributed by atoms with Gasteiger partial charge in [-0.3, -0.25) is 14.8 Å². The summed E-state index contributed by atoms with van der Waals surface area (Å²) in [6.07, 6.45) is 0.957. The lowest BCUT2D eigenvalue weighted by molar-refractivity contribution is 0.0755. The molecule has 7 nitrogen and oxygen atoms in total. The van der Waals surface area contributed by atoms with Crippen LogP contribution in [0.3, 0.4) is 0 Å². The van der Waals surface area contributed by atoms with E-state index < -0.39 is 0 Å². The minimum atomic E-state index is 0.00791. The summed E-state index contributed by atoms with van der Waals surface area (Å²) >= 11 is 0. The smallest absolute Gasteiger partial charge is 0.274 e. The summed E-state index contributed by atoms with van der Waals surface area (Å²) < 4.78 is 5.23. The van der Waals surface area contributed by atoms with Crippen molar-refractivity contribution in [2.24, 2.45) is 0 Å². The molecule has 2 aromatic heterocycles. The third kappa shape index (κ3) is 3.44. The minimum absolute atomic E-state index is 0.00791. The van der Waals surface area contributed by atoms with Crippen molar-refractivity contribution in [3.05, 3.63) is 34.5 Å². The molecule has 1 fully saturated rings. The summed E-state index contributed by atoms with van der Waals surface area (Å²) in [5, 5.41) is 10.9. The lowest BCUT2D eigenvalue weighted by Gasteiger charge is -2.21. The van der Waals surface area contributed by atoms with Crippen LogP contribution in [0.15, 0.2) is 10.6 Å². The molecule has 0 bridgehead atoms. The van der Waals surface area contributed by atoms with Gasteiger partial charge >= 0.3 is 0 Å². The first-order valence-electron chi connectivity index (χ1n) is 8.00. The van der Waals surface area contributed by atoms with Gasteiger partial charge in [-0.1, -0.05) is 5.16 Å². The molecule has 0 aromatic carbocycles. The van der Waals surface area contributed by atoms with Crippen molar-refractivity contribution in [2.45, 2.75) is 33.7 Å². The number of rotatable bonds is 3. The molecule has 0 aliphatic carbocycles. The number of amides is 1. The highest BCUT2D eigenvalue weighted by Crippen LogP contribution is 2.17. The van der Waals surface area contributed by atoms with E-state index in [-0.39, 0.29) is 5.91 Å². The predicted molar refractivity (Wildman–Crippen MR) is 85.1 cm³/mol. The molecule has 1 aliphatic rings. The fraction of sp³-hybridized carbons (Fsp3) is 0.562. The fourth-order valence-corrected chi connectivity index (χ4v) is 2.97. The Balaban J connectivity index is 1.62. The number of hydrogen-bond donors (Lipinski definition) is 1. The molecule has 0 atom stereocenters. The molecule has 7 heteroatoms. The van der Waals surface area contributed by atoms with Gasteiger partial charge in [0.15, 0.2) is 0 Å². The van der Waals surface area contributed by atoms with E-state index in [9.17, 15) is 4.79 Å². The van der Waals surface area contributed by atoms with Crippen LogP contribution in [0.2, 0.25) is 0 Å². The number of aromatic amines is 1. The van der Waals surface area contributed by atoms with Crippen LogP contribution >= 0.6 is 0 Å². The Bertz CT molecular complexity index is 671. The van der Waals surface area contributed by atoms with E-state index in [4.69, 9.17) is 4.52 Å². The molecule has 2 aromatic rings. The van der Waals surface area contributed by atoms with Gasteiger partial charge in [0, 0.05) is 44.0 Å². The van der Waals surface area contributed by atoms with Crippen molar-refractivity contribution < 1.29 is 9.32 Å². The topological polar surface area (TPSA) is 78.3 Å².